The SMILES string of the molecule is CN(Cc1ccccc1)N=Nc1ccc(-c2nn[nH]n2)cc1. The molecule has 22 heavy (non-hydrogen) atoms. The molecule has 0 unspecified atom stereocenters. The molecule has 1 aromatic heterocycles. The second kappa shape index (κ2) is 6.57. The van der Waals surface area contributed by atoms with E-state index in [0.717, 1.165) is 11.3 Å². The summed E-state index contributed by atoms with van der Waals surface area (Å²) in [6.07, 6.45) is 0. The fraction of sp³-hybridized carbons (Fsp3) is 0.133. The van der Waals surface area contributed by atoms with E-state index in [9.17, 15) is 0 Å². The molecule has 0 bridgehead atoms. The van der Waals surface area contributed by atoms with Gasteiger partial charge in [-0.2, -0.15) is 5.21 Å². The standard InChI is InChI=1S/C15H15N7/c1-22(11-12-5-3-2-4-6-12)21-16-14-9-7-13(8-10-14)15-17-19-20-18-15/h2-10H,11H2,1H3,(H,17,18,19,20). The van der Waals surface area contributed by atoms with Gasteiger partial charge in [-0.05, 0) is 35.0 Å². The highest BCUT2D eigenvalue weighted by Crippen LogP contribution is 2.19. The first-order chi connectivity index (χ1) is 10.8. The number of nitrogens with one attached hydrogen (secondary N) is 1. The van der Waals surface area contributed by atoms with Crippen LogP contribution >= 0.6 is 0 Å². The number of hydrogen-bond donors (Lipinski definition) is 1. The van der Waals surface area contributed by atoms with Crippen LogP contribution in [-0.4, -0.2) is 32.7 Å². The first kappa shape index (κ1) is 13.9. The lowest BCUT2D eigenvalue weighted by atomic mass is 10.2. The summed E-state index contributed by atoms with van der Waals surface area (Å²) in [6.45, 7) is 0.714. The third-order valence-electron chi connectivity index (χ3n) is 3.04. The van der Waals surface area contributed by atoms with Crippen molar-refractivity contribution in [2.45, 2.75) is 6.54 Å². The predicted molar refractivity (Wildman–Crippen MR) is 82.0 cm³/mol. The minimum Gasteiger partial charge on any atom is -0.277 e. The molecule has 3 aromatic rings. The van der Waals surface area contributed by atoms with Gasteiger partial charge in [0.15, 0.2) is 0 Å². The van der Waals surface area contributed by atoms with E-state index >= 15 is 0 Å². The summed E-state index contributed by atoms with van der Waals surface area (Å²) in [5.74, 6) is 0.560. The highest BCUT2D eigenvalue weighted by Gasteiger charge is 2.02. The normalized spacial score (nSPS) is 11.0. The molecule has 0 aliphatic rings. The Morgan fingerprint density at radius 2 is 1.82 bits per heavy atom. The summed E-state index contributed by atoms with van der Waals surface area (Å²) in [5.41, 5.74) is 2.84. The zero-order chi connectivity index (χ0) is 15.2. The van der Waals surface area contributed by atoms with Crippen LogP contribution in [-0.2, 0) is 6.54 Å². The van der Waals surface area contributed by atoms with Gasteiger partial charge in [0.1, 0.15) is 0 Å². The second-order valence-electron chi connectivity index (χ2n) is 4.77. The molecule has 3 rings (SSSR count). The van der Waals surface area contributed by atoms with E-state index in [4.69, 9.17) is 0 Å². The number of aromatic nitrogens is 4. The summed E-state index contributed by atoms with van der Waals surface area (Å²) in [7, 11) is 1.89. The maximum Gasteiger partial charge on any atom is 0.204 e. The van der Waals surface area contributed by atoms with Crippen LogP contribution in [0.5, 0.6) is 0 Å². The van der Waals surface area contributed by atoms with Gasteiger partial charge >= 0.3 is 0 Å². The van der Waals surface area contributed by atoms with Crippen LogP contribution in [0.15, 0.2) is 64.9 Å². The summed E-state index contributed by atoms with van der Waals surface area (Å²) in [4.78, 5) is 0. The maximum absolute atomic E-state index is 4.21. The van der Waals surface area contributed by atoms with Gasteiger partial charge in [-0.3, -0.25) is 5.01 Å². The Labute approximate surface area is 127 Å². The van der Waals surface area contributed by atoms with Crippen LogP contribution < -0.4 is 0 Å². The van der Waals surface area contributed by atoms with Gasteiger partial charge < -0.3 is 0 Å². The molecular weight excluding hydrogens is 278 g/mol. The van der Waals surface area contributed by atoms with E-state index in [1.54, 1.807) is 5.01 Å². The Bertz CT molecular complexity index is 720. The maximum atomic E-state index is 4.21. The average molecular weight is 293 g/mol. The van der Waals surface area contributed by atoms with Crippen LogP contribution in [0, 0.1) is 0 Å². The minimum atomic E-state index is 0.560. The summed E-state index contributed by atoms with van der Waals surface area (Å²) < 4.78 is 0. The molecule has 0 atom stereocenters. The van der Waals surface area contributed by atoms with Crippen molar-refractivity contribution >= 4 is 5.69 Å². The van der Waals surface area contributed by atoms with E-state index in [-0.39, 0.29) is 0 Å². The molecule has 0 spiro atoms. The third kappa shape index (κ3) is 3.51. The number of benzene rings is 2. The summed E-state index contributed by atoms with van der Waals surface area (Å²) >= 11 is 0. The van der Waals surface area contributed by atoms with E-state index in [0.29, 0.717) is 12.4 Å². The summed E-state index contributed by atoms with van der Waals surface area (Å²) in [6, 6.07) is 17.6. The smallest absolute Gasteiger partial charge is 0.204 e. The van der Waals surface area contributed by atoms with Crippen molar-refractivity contribution in [3.63, 3.8) is 0 Å². The second-order valence-corrected chi connectivity index (χ2v) is 4.77. The zero-order valence-corrected chi connectivity index (χ0v) is 12.1. The zero-order valence-electron chi connectivity index (χ0n) is 12.1. The van der Waals surface area contributed by atoms with Gasteiger partial charge in [0.25, 0.3) is 0 Å². The molecule has 1 heterocycles. The Hall–Kier alpha value is -3.09. The van der Waals surface area contributed by atoms with Crippen LogP contribution in [0.2, 0.25) is 0 Å². The molecule has 7 heteroatoms. The van der Waals surface area contributed by atoms with Crippen LogP contribution in [0.3, 0.4) is 0 Å². The van der Waals surface area contributed by atoms with Crippen molar-refractivity contribution in [1.82, 2.24) is 25.6 Å². The lowest BCUT2D eigenvalue weighted by molar-refractivity contribution is 0.324. The average Bonchev–Trinajstić information content (AvgIpc) is 3.09. The minimum absolute atomic E-state index is 0.560. The molecule has 2 aromatic carbocycles. The molecule has 110 valence electrons. The van der Waals surface area contributed by atoms with E-state index in [2.05, 4.69) is 43.1 Å². The lowest BCUT2D eigenvalue weighted by Gasteiger charge is -2.10. The Kier molecular flexibility index (Phi) is 4.15. The molecule has 0 amide bonds. The molecule has 0 aliphatic carbocycles. The van der Waals surface area contributed by atoms with Crippen molar-refractivity contribution in [2.75, 3.05) is 7.05 Å². The molecule has 0 radical (unpaired) electrons. The van der Waals surface area contributed by atoms with E-state index in [1.807, 2.05) is 49.5 Å². The van der Waals surface area contributed by atoms with Crippen LogP contribution in [0.25, 0.3) is 11.4 Å². The van der Waals surface area contributed by atoms with E-state index in [1.165, 1.54) is 5.56 Å². The van der Waals surface area contributed by atoms with Crippen molar-refractivity contribution in [3.05, 3.63) is 60.2 Å². The van der Waals surface area contributed by atoms with Gasteiger partial charge in [0.2, 0.25) is 5.82 Å². The summed E-state index contributed by atoms with van der Waals surface area (Å²) in [5, 5.41) is 24.0. The first-order valence-electron chi connectivity index (χ1n) is 6.82. The van der Waals surface area contributed by atoms with Crippen LogP contribution in [0.4, 0.5) is 5.69 Å². The molecule has 0 aliphatic heterocycles. The van der Waals surface area contributed by atoms with Crippen molar-refractivity contribution in [1.29, 1.82) is 0 Å². The number of aromatic amines is 1. The number of tetrazole rings is 1. The predicted octanol–water partition coefficient (Wildman–Crippen LogP) is 3.00. The highest BCUT2D eigenvalue weighted by molar-refractivity contribution is 5.57. The molecule has 1 N–H and O–H groups in total. The topological polar surface area (TPSA) is 82.4 Å². The van der Waals surface area contributed by atoms with Gasteiger partial charge in [-0.15, -0.1) is 15.3 Å². The van der Waals surface area contributed by atoms with Gasteiger partial charge in [0.05, 0.1) is 12.2 Å². The van der Waals surface area contributed by atoms with Gasteiger partial charge in [-0.25, -0.2) is 0 Å². The molecule has 0 fully saturated rings. The molecule has 0 saturated carbocycles. The molecular formula is C15H15N7. The fourth-order valence-electron chi connectivity index (χ4n) is 1.97. The fourth-order valence-corrected chi connectivity index (χ4v) is 1.97. The number of rotatable bonds is 5. The van der Waals surface area contributed by atoms with Gasteiger partial charge in [-0.1, -0.05) is 35.6 Å². The Balaban J connectivity index is 1.62. The Morgan fingerprint density at radius 1 is 1.05 bits per heavy atom. The van der Waals surface area contributed by atoms with E-state index < -0.39 is 0 Å². The van der Waals surface area contributed by atoms with Gasteiger partial charge in [0, 0.05) is 12.6 Å². The van der Waals surface area contributed by atoms with Crippen molar-refractivity contribution in [2.24, 2.45) is 10.3 Å². The third-order valence-corrected chi connectivity index (χ3v) is 3.04. The van der Waals surface area contributed by atoms with Crippen LogP contribution in [0.1, 0.15) is 5.56 Å². The van der Waals surface area contributed by atoms with Crippen molar-refractivity contribution < 1.29 is 0 Å². The Morgan fingerprint density at radius 3 is 2.50 bits per heavy atom. The number of hydrogen-bond acceptors (Lipinski definition) is 5. The number of nitrogens with zero attached hydrogens (tertiary/aromatic N) is 6. The quantitative estimate of drug-likeness (QED) is 0.579. The lowest BCUT2D eigenvalue weighted by Crippen LogP contribution is -2.09. The molecule has 7 nitrogen and oxygen atoms in total. The molecule has 0 saturated heterocycles. The van der Waals surface area contributed by atoms with Crippen molar-refractivity contribution in [3.8, 4) is 11.4 Å². The largest absolute Gasteiger partial charge is 0.277 e. The monoisotopic (exact) mass is 293 g/mol. The number of H-pyrrole nitrogens is 1. The highest BCUT2D eigenvalue weighted by atomic mass is 15.5. The first-order valence-corrected chi connectivity index (χ1v) is 6.82.